The van der Waals surface area contributed by atoms with Crippen LogP contribution in [0.5, 0.6) is 5.75 Å². The summed E-state index contributed by atoms with van der Waals surface area (Å²) in [7, 11) is 1.64. The number of halogens is 2. The highest BCUT2D eigenvalue weighted by Crippen LogP contribution is 2.36. The fraction of sp³-hybridized carbons (Fsp3) is 0.0625. The second-order valence-corrected chi connectivity index (χ2v) is 5.14. The van der Waals surface area contributed by atoms with Gasteiger partial charge >= 0.3 is 0 Å². The SMILES string of the molecule is COc1cccc(-c2cnc3c(Cl)cccc3c2Cl)c1. The molecule has 0 amide bonds. The van der Waals surface area contributed by atoms with Crippen molar-refractivity contribution in [3.63, 3.8) is 0 Å². The van der Waals surface area contributed by atoms with Crippen LogP contribution < -0.4 is 4.74 Å². The van der Waals surface area contributed by atoms with Crippen LogP contribution in [0, 0.1) is 0 Å². The molecule has 100 valence electrons. The Hall–Kier alpha value is -1.77. The third kappa shape index (κ3) is 2.21. The minimum absolute atomic E-state index is 0.599. The van der Waals surface area contributed by atoms with Gasteiger partial charge in [-0.3, -0.25) is 4.98 Å². The predicted molar refractivity (Wildman–Crippen MR) is 83.8 cm³/mol. The zero-order chi connectivity index (χ0) is 14.1. The number of hydrogen-bond donors (Lipinski definition) is 0. The minimum Gasteiger partial charge on any atom is -0.497 e. The Kier molecular flexibility index (Phi) is 3.51. The number of rotatable bonds is 2. The van der Waals surface area contributed by atoms with Crippen LogP contribution in [-0.2, 0) is 0 Å². The maximum absolute atomic E-state index is 6.50. The lowest BCUT2D eigenvalue weighted by Crippen LogP contribution is -1.88. The van der Waals surface area contributed by atoms with Crippen LogP contribution in [0.15, 0.2) is 48.7 Å². The molecule has 0 aliphatic heterocycles. The third-order valence-electron chi connectivity index (χ3n) is 3.16. The summed E-state index contributed by atoms with van der Waals surface area (Å²) in [6.45, 7) is 0. The fourth-order valence-electron chi connectivity index (χ4n) is 2.15. The van der Waals surface area contributed by atoms with E-state index in [9.17, 15) is 0 Å². The van der Waals surface area contributed by atoms with E-state index in [-0.39, 0.29) is 0 Å². The molecule has 0 spiro atoms. The molecule has 0 saturated carbocycles. The van der Waals surface area contributed by atoms with Gasteiger partial charge in [0, 0.05) is 17.1 Å². The number of nitrogens with zero attached hydrogens (tertiary/aromatic N) is 1. The molecule has 2 nitrogen and oxygen atoms in total. The third-order valence-corrected chi connectivity index (χ3v) is 3.88. The minimum atomic E-state index is 0.599. The van der Waals surface area contributed by atoms with Crippen LogP contribution in [0.25, 0.3) is 22.0 Å². The summed E-state index contributed by atoms with van der Waals surface area (Å²) < 4.78 is 5.24. The molecule has 0 aliphatic rings. The molecule has 0 atom stereocenters. The second kappa shape index (κ2) is 5.31. The largest absolute Gasteiger partial charge is 0.497 e. The maximum atomic E-state index is 6.50. The van der Waals surface area contributed by atoms with Gasteiger partial charge in [0.1, 0.15) is 5.75 Å². The van der Waals surface area contributed by atoms with Gasteiger partial charge in [-0.25, -0.2) is 0 Å². The molecule has 0 aliphatic carbocycles. The van der Waals surface area contributed by atoms with Crippen molar-refractivity contribution >= 4 is 34.1 Å². The van der Waals surface area contributed by atoms with Crippen molar-refractivity contribution < 1.29 is 4.74 Å². The van der Waals surface area contributed by atoms with Crippen LogP contribution in [0.2, 0.25) is 10.0 Å². The summed E-state index contributed by atoms with van der Waals surface area (Å²) in [4.78, 5) is 4.42. The zero-order valence-electron chi connectivity index (χ0n) is 10.7. The van der Waals surface area contributed by atoms with Crippen LogP contribution in [0.1, 0.15) is 0 Å². The van der Waals surface area contributed by atoms with Gasteiger partial charge in [0.2, 0.25) is 0 Å². The summed E-state index contributed by atoms with van der Waals surface area (Å²) in [5, 5.41) is 2.09. The Balaban J connectivity index is 2.24. The van der Waals surface area contributed by atoms with E-state index in [2.05, 4.69) is 4.98 Å². The number of fused-ring (bicyclic) bond motifs is 1. The molecule has 0 N–H and O–H groups in total. The van der Waals surface area contributed by atoms with Crippen molar-refractivity contribution in [2.75, 3.05) is 7.11 Å². The summed E-state index contributed by atoms with van der Waals surface area (Å²) in [6, 6.07) is 13.3. The number of hydrogen-bond acceptors (Lipinski definition) is 2. The Morgan fingerprint density at radius 1 is 1.05 bits per heavy atom. The van der Waals surface area contributed by atoms with Gasteiger partial charge in [0.15, 0.2) is 0 Å². The van der Waals surface area contributed by atoms with E-state index in [1.165, 1.54) is 0 Å². The van der Waals surface area contributed by atoms with Crippen molar-refractivity contribution in [3.05, 3.63) is 58.7 Å². The second-order valence-electron chi connectivity index (χ2n) is 4.35. The molecule has 1 aromatic heterocycles. The van der Waals surface area contributed by atoms with Gasteiger partial charge in [-0.1, -0.05) is 47.5 Å². The average Bonchev–Trinajstić information content (AvgIpc) is 2.48. The van der Waals surface area contributed by atoms with E-state index in [0.717, 1.165) is 22.3 Å². The highest BCUT2D eigenvalue weighted by molar-refractivity contribution is 6.40. The molecule has 0 bridgehead atoms. The number of aromatic nitrogens is 1. The Labute approximate surface area is 126 Å². The molecule has 3 aromatic rings. The first-order chi connectivity index (χ1) is 9.70. The van der Waals surface area contributed by atoms with E-state index < -0.39 is 0 Å². The highest BCUT2D eigenvalue weighted by atomic mass is 35.5. The molecule has 0 unspecified atom stereocenters. The molecule has 4 heteroatoms. The smallest absolute Gasteiger partial charge is 0.119 e. The molecular weight excluding hydrogens is 293 g/mol. The molecule has 3 rings (SSSR count). The normalized spacial score (nSPS) is 10.8. The molecule has 1 heterocycles. The van der Waals surface area contributed by atoms with Gasteiger partial charge in [-0.2, -0.15) is 0 Å². The summed E-state index contributed by atoms with van der Waals surface area (Å²) in [5.74, 6) is 0.782. The van der Waals surface area contributed by atoms with Crippen molar-refractivity contribution in [2.24, 2.45) is 0 Å². The summed E-state index contributed by atoms with van der Waals surface area (Å²) in [6.07, 6.45) is 1.74. The van der Waals surface area contributed by atoms with Crippen LogP contribution in [-0.4, -0.2) is 12.1 Å². The van der Waals surface area contributed by atoms with Crippen molar-refractivity contribution in [3.8, 4) is 16.9 Å². The monoisotopic (exact) mass is 303 g/mol. The first-order valence-electron chi connectivity index (χ1n) is 6.08. The topological polar surface area (TPSA) is 22.1 Å². The Morgan fingerprint density at radius 3 is 2.65 bits per heavy atom. The number of benzene rings is 2. The molecule has 0 fully saturated rings. The van der Waals surface area contributed by atoms with Gasteiger partial charge in [0.25, 0.3) is 0 Å². The number of methoxy groups -OCH3 is 1. The van der Waals surface area contributed by atoms with E-state index in [1.807, 2.05) is 36.4 Å². The van der Waals surface area contributed by atoms with Crippen molar-refractivity contribution in [1.82, 2.24) is 4.98 Å². The van der Waals surface area contributed by atoms with Gasteiger partial charge in [0.05, 0.1) is 22.7 Å². The lowest BCUT2D eigenvalue weighted by atomic mass is 10.0. The van der Waals surface area contributed by atoms with Crippen LogP contribution in [0.4, 0.5) is 0 Å². The van der Waals surface area contributed by atoms with Gasteiger partial charge in [-0.15, -0.1) is 0 Å². The first-order valence-corrected chi connectivity index (χ1v) is 6.83. The standard InChI is InChI=1S/C16H11Cl2NO/c1-20-11-5-2-4-10(8-11)13-9-19-16-12(15(13)18)6-3-7-14(16)17/h2-9H,1H3. The van der Waals surface area contributed by atoms with E-state index in [4.69, 9.17) is 27.9 Å². The van der Waals surface area contributed by atoms with Crippen LogP contribution in [0.3, 0.4) is 0 Å². The quantitative estimate of drug-likeness (QED) is 0.648. The van der Waals surface area contributed by atoms with Crippen molar-refractivity contribution in [1.29, 1.82) is 0 Å². The first kappa shape index (κ1) is 13.2. The van der Waals surface area contributed by atoms with Gasteiger partial charge < -0.3 is 4.74 Å². The fourth-order valence-corrected chi connectivity index (χ4v) is 2.68. The van der Waals surface area contributed by atoms with Gasteiger partial charge in [-0.05, 0) is 23.8 Å². The molecule has 0 radical (unpaired) electrons. The Morgan fingerprint density at radius 2 is 1.85 bits per heavy atom. The summed E-state index contributed by atoms with van der Waals surface area (Å²) in [5.41, 5.74) is 2.54. The summed E-state index contributed by atoms with van der Waals surface area (Å²) >= 11 is 12.6. The molecular formula is C16H11Cl2NO. The molecule has 2 aromatic carbocycles. The average molecular weight is 304 g/mol. The molecule has 20 heavy (non-hydrogen) atoms. The highest BCUT2D eigenvalue weighted by Gasteiger charge is 2.11. The van der Waals surface area contributed by atoms with Crippen LogP contribution >= 0.6 is 23.2 Å². The lowest BCUT2D eigenvalue weighted by Gasteiger charge is -2.09. The maximum Gasteiger partial charge on any atom is 0.119 e. The Bertz CT molecular complexity index is 787. The number of pyridine rings is 1. The predicted octanol–water partition coefficient (Wildman–Crippen LogP) is 5.22. The lowest BCUT2D eigenvalue weighted by molar-refractivity contribution is 0.415. The molecule has 0 saturated heterocycles. The van der Waals surface area contributed by atoms with E-state index >= 15 is 0 Å². The van der Waals surface area contributed by atoms with Crippen molar-refractivity contribution in [2.45, 2.75) is 0 Å². The number of para-hydroxylation sites is 1. The van der Waals surface area contributed by atoms with E-state index in [1.54, 1.807) is 19.4 Å². The number of ether oxygens (including phenoxy) is 1. The van der Waals surface area contributed by atoms with E-state index in [0.29, 0.717) is 15.6 Å². The zero-order valence-corrected chi connectivity index (χ0v) is 12.2.